The molecule has 0 spiro atoms. The highest BCUT2D eigenvalue weighted by Crippen LogP contribution is 2.47. The monoisotopic (exact) mass is 951 g/mol. The van der Waals surface area contributed by atoms with Crippen molar-refractivity contribution in [3.8, 4) is 0 Å². The van der Waals surface area contributed by atoms with Crippen LogP contribution < -0.4 is 0 Å². The highest BCUT2D eigenvalue weighted by Gasteiger charge is 2.51. The van der Waals surface area contributed by atoms with Crippen LogP contribution in [0.3, 0.4) is 0 Å². The van der Waals surface area contributed by atoms with Gasteiger partial charge in [0.1, 0.15) is 43.2 Å². The minimum atomic E-state index is -5.15. The summed E-state index contributed by atoms with van der Waals surface area (Å²) >= 11 is 0. The zero-order valence-corrected chi connectivity index (χ0v) is 40.4. The quantitative estimate of drug-likeness (QED) is 0.0133. The lowest BCUT2D eigenvalue weighted by Crippen LogP contribution is -2.64. The van der Waals surface area contributed by atoms with Crippen molar-refractivity contribution in [1.82, 2.24) is 0 Å². The lowest BCUT2D eigenvalue weighted by atomic mass is 9.85. The number of rotatable bonds is 38. The maximum atomic E-state index is 12.8. The fraction of sp³-hybridized carbons (Fsp3) is 0.647. The molecule has 1 rings (SSSR count). The van der Waals surface area contributed by atoms with E-state index in [4.69, 9.17) is 18.5 Å². The number of aliphatic hydroxyl groups is 6. The Balaban J connectivity index is 2.50. The van der Waals surface area contributed by atoms with E-state index in [-0.39, 0.29) is 18.9 Å². The Morgan fingerprint density at radius 3 is 1.52 bits per heavy atom. The van der Waals surface area contributed by atoms with Crippen molar-refractivity contribution < 1.29 is 68.2 Å². The average Bonchev–Trinajstić information content (AvgIpc) is 3.29. The number of hydrogen-bond acceptors (Lipinski definition) is 13. The van der Waals surface area contributed by atoms with Crippen molar-refractivity contribution in [2.45, 2.75) is 198 Å². The molecule has 0 radical (unpaired) electrons. The Bertz CT molecular complexity index is 1540. The second-order valence-corrected chi connectivity index (χ2v) is 17.8. The standard InChI is InChI=1S/C51H83O14P/c1-3-5-6-7-8-9-10-11-12-13-14-15-16-19-22-25-28-31-34-38-44(53)62-40-43(41-63-66(60,61)65-51-49(58)47(56)46(55)48(57)50(51)59)64-45(54)39-35-32-29-26-23-20-17-18-21-24-27-30-33-37-42(52)36-4-2/h5-6,8-9,11-12,14-15,17,20-21,24,26,29-30,33,42-43,46-52,55-59H,3-4,7,10,13,16,18-19,22-23,25,27-28,31-32,34-41H2,1-2H3,(H,60,61)/b6-5-,9-8-,12-11-,15-14-,20-17-,24-21-,29-26-,33-30-/t42?,43-,46?,47-,48+,49-,50-,51?/m1/s1. The van der Waals surface area contributed by atoms with E-state index in [2.05, 4.69) is 86.8 Å². The SMILES string of the molecule is CC/C=C\C/C=C\C/C=C\C/C=C\CCCCCCCCC(=O)OC[C@H](COP(=O)(O)OC1[C@H](O)[C@H](O)C(O)[C@H](O)[C@H]1O)OC(=O)CCC/C=C\C/C=C\C/C=C\C/C=C\CC(O)CCC. The van der Waals surface area contributed by atoms with Crippen LogP contribution in [0.25, 0.3) is 0 Å². The lowest BCUT2D eigenvalue weighted by Gasteiger charge is -2.41. The largest absolute Gasteiger partial charge is 0.472 e. The molecule has 7 N–H and O–H groups in total. The van der Waals surface area contributed by atoms with Gasteiger partial charge in [-0.3, -0.25) is 18.6 Å². The van der Waals surface area contributed by atoms with E-state index in [1.165, 1.54) is 0 Å². The van der Waals surface area contributed by atoms with E-state index < -0.39 is 75.7 Å². The molecule has 1 aliphatic carbocycles. The van der Waals surface area contributed by atoms with Gasteiger partial charge in [0.05, 0.1) is 12.7 Å². The molecule has 0 aromatic carbocycles. The number of hydrogen-bond donors (Lipinski definition) is 7. The third-order valence-corrected chi connectivity index (χ3v) is 11.5. The van der Waals surface area contributed by atoms with Crippen LogP contribution >= 0.6 is 7.82 Å². The van der Waals surface area contributed by atoms with E-state index >= 15 is 0 Å². The molecule has 0 aliphatic heterocycles. The Hall–Kier alpha value is -3.27. The van der Waals surface area contributed by atoms with E-state index in [1.54, 1.807) is 0 Å². The summed E-state index contributed by atoms with van der Waals surface area (Å²) in [6, 6.07) is 0. The van der Waals surface area contributed by atoms with Crippen molar-refractivity contribution in [2.75, 3.05) is 13.2 Å². The number of ether oxygens (including phenoxy) is 2. The fourth-order valence-electron chi connectivity index (χ4n) is 6.64. The van der Waals surface area contributed by atoms with Crippen LogP contribution in [0.4, 0.5) is 0 Å². The molecule has 15 heteroatoms. The molecule has 66 heavy (non-hydrogen) atoms. The fourth-order valence-corrected chi connectivity index (χ4v) is 7.61. The van der Waals surface area contributed by atoms with E-state index in [0.717, 1.165) is 96.3 Å². The van der Waals surface area contributed by atoms with E-state index in [9.17, 15) is 49.7 Å². The lowest BCUT2D eigenvalue weighted by molar-refractivity contribution is -0.220. The summed E-state index contributed by atoms with van der Waals surface area (Å²) in [5.74, 6) is -1.21. The molecule has 4 unspecified atom stereocenters. The molecule has 0 bridgehead atoms. The van der Waals surface area contributed by atoms with Gasteiger partial charge < -0.3 is 45.0 Å². The molecule has 0 aromatic rings. The Kier molecular flexibility index (Phi) is 36.5. The summed E-state index contributed by atoms with van der Waals surface area (Å²) in [5.41, 5.74) is 0. The topological polar surface area (TPSA) is 230 Å². The molecule has 0 saturated heterocycles. The van der Waals surface area contributed by atoms with Gasteiger partial charge in [0, 0.05) is 12.8 Å². The van der Waals surface area contributed by atoms with Crippen LogP contribution in [-0.4, -0.2) is 110 Å². The first-order valence-electron chi connectivity index (χ1n) is 24.1. The zero-order chi connectivity index (χ0) is 48.7. The number of carbonyl (C=O) groups is 2. The number of esters is 2. The van der Waals surface area contributed by atoms with Gasteiger partial charge >= 0.3 is 19.8 Å². The summed E-state index contributed by atoms with van der Waals surface area (Å²) in [6.07, 6.45) is 36.6. The van der Waals surface area contributed by atoms with Gasteiger partial charge in [-0.25, -0.2) is 4.57 Å². The van der Waals surface area contributed by atoms with E-state index in [0.29, 0.717) is 25.7 Å². The Labute approximate surface area is 394 Å². The smallest absolute Gasteiger partial charge is 0.462 e. The van der Waals surface area contributed by atoms with Gasteiger partial charge in [-0.05, 0) is 89.9 Å². The van der Waals surface area contributed by atoms with Crippen molar-refractivity contribution in [3.63, 3.8) is 0 Å². The molecule has 1 fully saturated rings. The number of unbranched alkanes of at least 4 members (excludes halogenated alkanes) is 7. The molecular weight excluding hydrogens is 868 g/mol. The predicted molar refractivity (Wildman–Crippen MR) is 259 cm³/mol. The molecule has 0 aromatic heterocycles. The summed E-state index contributed by atoms with van der Waals surface area (Å²) in [6.45, 7) is 2.92. The molecule has 9 atom stereocenters. The third-order valence-electron chi connectivity index (χ3n) is 10.5. The van der Waals surface area contributed by atoms with Crippen LogP contribution in [0.1, 0.15) is 149 Å². The number of aliphatic hydroxyl groups excluding tert-OH is 6. The molecular formula is C51H83O14P. The highest BCUT2D eigenvalue weighted by atomic mass is 31.2. The normalized spacial score (nSPS) is 22.6. The number of phosphoric ester groups is 1. The van der Waals surface area contributed by atoms with E-state index in [1.807, 2.05) is 24.3 Å². The van der Waals surface area contributed by atoms with Crippen molar-refractivity contribution in [1.29, 1.82) is 0 Å². The third kappa shape index (κ3) is 31.7. The predicted octanol–water partition coefficient (Wildman–Crippen LogP) is 8.80. The summed E-state index contributed by atoms with van der Waals surface area (Å²) in [4.78, 5) is 35.7. The molecule has 376 valence electrons. The van der Waals surface area contributed by atoms with Gasteiger partial charge in [-0.1, -0.05) is 143 Å². The second kappa shape index (κ2) is 39.7. The summed E-state index contributed by atoms with van der Waals surface area (Å²) in [7, 11) is -5.15. The first kappa shape index (κ1) is 60.7. The van der Waals surface area contributed by atoms with Crippen LogP contribution in [0.2, 0.25) is 0 Å². The maximum Gasteiger partial charge on any atom is 0.472 e. The van der Waals surface area contributed by atoms with Crippen molar-refractivity contribution in [2.24, 2.45) is 0 Å². The highest BCUT2D eigenvalue weighted by molar-refractivity contribution is 7.47. The molecule has 1 aliphatic rings. The maximum absolute atomic E-state index is 12.8. The van der Waals surface area contributed by atoms with Gasteiger partial charge in [-0.2, -0.15) is 0 Å². The van der Waals surface area contributed by atoms with Gasteiger partial charge in [0.15, 0.2) is 6.10 Å². The van der Waals surface area contributed by atoms with Gasteiger partial charge in [0.2, 0.25) is 0 Å². The van der Waals surface area contributed by atoms with Crippen molar-refractivity contribution >= 4 is 19.8 Å². The molecule has 1 saturated carbocycles. The number of phosphoric acid groups is 1. The molecule has 0 amide bonds. The summed E-state index contributed by atoms with van der Waals surface area (Å²) in [5, 5.41) is 59.9. The molecule has 14 nitrogen and oxygen atoms in total. The van der Waals surface area contributed by atoms with Crippen LogP contribution in [0, 0.1) is 0 Å². The van der Waals surface area contributed by atoms with Crippen LogP contribution in [-0.2, 0) is 32.7 Å². The van der Waals surface area contributed by atoms with Crippen molar-refractivity contribution in [3.05, 3.63) is 97.2 Å². The first-order valence-corrected chi connectivity index (χ1v) is 25.6. The Morgan fingerprint density at radius 2 is 0.985 bits per heavy atom. The van der Waals surface area contributed by atoms with Gasteiger partial charge in [-0.15, -0.1) is 0 Å². The number of carbonyl (C=O) groups excluding carboxylic acids is 2. The average molecular weight is 951 g/mol. The second-order valence-electron chi connectivity index (χ2n) is 16.4. The number of allylic oxidation sites excluding steroid dienone is 15. The molecule has 0 heterocycles. The minimum absolute atomic E-state index is 0.00325. The Morgan fingerprint density at radius 1 is 0.545 bits per heavy atom. The summed E-state index contributed by atoms with van der Waals surface area (Å²) < 4.78 is 33.5. The first-order chi connectivity index (χ1) is 31.8. The van der Waals surface area contributed by atoms with Crippen LogP contribution in [0.5, 0.6) is 0 Å². The zero-order valence-electron chi connectivity index (χ0n) is 39.6. The van der Waals surface area contributed by atoms with Crippen LogP contribution in [0.15, 0.2) is 97.2 Å². The minimum Gasteiger partial charge on any atom is -0.462 e. The van der Waals surface area contributed by atoms with Gasteiger partial charge in [0.25, 0.3) is 0 Å².